The van der Waals surface area contributed by atoms with Gasteiger partial charge in [0.25, 0.3) is 5.91 Å². The van der Waals surface area contributed by atoms with Crippen molar-refractivity contribution in [3.63, 3.8) is 0 Å². The summed E-state index contributed by atoms with van der Waals surface area (Å²) in [6.07, 6.45) is 0.512. The number of nitrogens with one attached hydrogen (secondary N) is 1. The number of benzene rings is 1. The Hall–Kier alpha value is -2.48. The van der Waals surface area contributed by atoms with E-state index >= 15 is 0 Å². The zero-order chi connectivity index (χ0) is 18.2. The molecule has 1 amide bonds. The summed E-state index contributed by atoms with van der Waals surface area (Å²) in [6, 6.07) is 8.02. The first-order valence-electron chi connectivity index (χ1n) is 7.94. The maximum atomic E-state index is 12.4. The van der Waals surface area contributed by atoms with E-state index in [2.05, 4.69) is 10.4 Å². The molecule has 1 aliphatic heterocycles. The summed E-state index contributed by atoms with van der Waals surface area (Å²) >= 11 is 0. The van der Waals surface area contributed by atoms with Gasteiger partial charge in [-0.1, -0.05) is 0 Å². The predicted molar refractivity (Wildman–Crippen MR) is 93.7 cm³/mol. The lowest BCUT2D eigenvalue weighted by Crippen LogP contribution is -2.16. The number of carbonyl (C=O) groups is 2. The molecule has 0 aliphatic carbocycles. The van der Waals surface area contributed by atoms with Crippen molar-refractivity contribution in [3.8, 4) is 0 Å². The Labute approximate surface area is 146 Å². The summed E-state index contributed by atoms with van der Waals surface area (Å²) in [5.74, 6) is -0.207. The molecule has 1 unspecified atom stereocenters. The molecule has 0 saturated carbocycles. The van der Waals surface area contributed by atoms with Crippen LogP contribution >= 0.6 is 0 Å². The molecule has 0 spiro atoms. The lowest BCUT2D eigenvalue weighted by Gasteiger charge is -2.10. The van der Waals surface area contributed by atoms with E-state index in [0.717, 1.165) is 5.69 Å². The summed E-state index contributed by atoms with van der Waals surface area (Å²) in [5, 5.41) is 7.01. The number of hydrogen-bond acceptors (Lipinski definition) is 5. The van der Waals surface area contributed by atoms with E-state index in [0.29, 0.717) is 17.7 Å². The smallest absolute Gasteiger partial charge is 0.276 e. The van der Waals surface area contributed by atoms with Gasteiger partial charge in [-0.05, 0) is 50.6 Å². The highest BCUT2D eigenvalue weighted by atomic mass is 32.2. The molecule has 2 heterocycles. The summed E-state index contributed by atoms with van der Waals surface area (Å²) in [4.78, 5) is 23.6. The number of amides is 1. The van der Waals surface area contributed by atoms with Gasteiger partial charge in [0.15, 0.2) is 21.3 Å². The van der Waals surface area contributed by atoms with Crippen LogP contribution in [-0.2, 0) is 9.84 Å². The molecule has 0 bridgehead atoms. The first kappa shape index (κ1) is 17.3. The largest absolute Gasteiger partial charge is 0.321 e. The number of Topliss-reactive ketones (excluding diaryl/α,β-unsaturated/α-hetero) is 1. The van der Waals surface area contributed by atoms with E-state index in [1.807, 2.05) is 0 Å². The number of sulfone groups is 1. The van der Waals surface area contributed by atoms with E-state index in [9.17, 15) is 18.0 Å². The molecular formula is C17H19N3O4S. The number of ketones is 1. The van der Waals surface area contributed by atoms with Gasteiger partial charge < -0.3 is 5.32 Å². The molecule has 132 valence electrons. The topological polar surface area (TPSA) is 98.1 Å². The maximum absolute atomic E-state index is 12.4. The van der Waals surface area contributed by atoms with Crippen LogP contribution in [0.25, 0.3) is 0 Å². The molecule has 1 fully saturated rings. The Morgan fingerprint density at radius 3 is 2.48 bits per heavy atom. The molecule has 0 radical (unpaired) electrons. The Morgan fingerprint density at radius 1 is 1.24 bits per heavy atom. The fraction of sp³-hybridized carbons (Fsp3) is 0.353. The quantitative estimate of drug-likeness (QED) is 0.840. The fourth-order valence-corrected chi connectivity index (χ4v) is 4.61. The molecule has 1 N–H and O–H groups in total. The van der Waals surface area contributed by atoms with Crippen molar-refractivity contribution in [1.82, 2.24) is 9.78 Å². The zero-order valence-corrected chi connectivity index (χ0v) is 14.8. The van der Waals surface area contributed by atoms with E-state index < -0.39 is 9.84 Å². The Kier molecular flexibility index (Phi) is 4.47. The minimum atomic E-state index is -3.02. The first-order chi connectivity index (χ1) is 11.7. The zero-order valence-electron chi connectivity index (χ0n) is 14.0. The van der Waals surface area contributed by atoms with Gasteiger partial charge in [-0.15, -0.1) is 0 Å². The van der Waals surface area contributed by atoms with Gasteiger partial charge in [0.05, 0.1) is 17.5 Å². The second kappa shape index (κ2) is 6.44. The van der Waals surface area contributed by atoms with Crippen molar-refractivity contribution in [2.75, 3.05) is 16.8 Å². The highest BCUT2D eigenvalue weighted by Gasteiger charge is 2.31. The van der Waals surface area contributed by atoms with Crippen LogP contribution in [0.4, 0.5) is 5.69 Å². The Bertz CT molecular complexity index is 929. The average molecular weight is 361 g/mol. The van der Waals surface area contributed by atoms with Gasteiger partial charge in [-0.2, -0.15) is 5.10 Å². The highest BCUT2D eigenvalue weighted by Crippen LogP contribution is 2.25. The van der Waals surface area contributed by atoms with Crippen LogP contribution in [0.1, 0.15) is 45.9 Å². The van der Waals surface area contributed by atoms with Crippen molar-refractivity contribution >= 4 is 27.2 Å². The summed E-state index contributed by atoms with van der Waals surface area (Å²) < 4.78 is 24.9. The molecule has 7 nitrogen and oxygen atoms in total. The van der Waals surface area contributed by atoms with Crippen LogP contribution in [-0.4, -0.2) is 41.4 Å². The van der Waals surface area contributed by atoms with E-state index in [1.54, 1.807) is 41.9 Å². The van der Waals surface area contributed by atoms with Crippen molar-refractivity contribution < 1.29 is 18.0 Å². The summed E-state index contributed by atoms with van der Waals surface area (Å²) in [5.41, 5.74) is 2.11. The third-order valence-electron chi connectivity index (χ3n) is 4.26. The first-order valence-corrected chi connectivity index (χ1v) is 9.76. The lowest BCUT2D eigenvalue weighted by molar-refractivity contribution is 0.101. The van der Waals surface area contributed by atoms with Crippen molar-refractivity contribution in [2.24, 2.45) is 0 Å². The lowest BCUT2D eigenvalue weighted by atomic mass is 10.1. The molecule has 8 heteroatoms. The van der Waals surface area contributed by atoms with Gasteiger partial charge in [-0.25, -0.2) is 8.42 Å². The minimum Gasteiger partial charge on any atom is -0.321 e. The molecule has 3 rings (SSSR count). The van der Waals surface area contributed by atoms with Crippen LogP contribution in [0, 0.1) is 6.92 Å². The van der Waals surface area contributed by atoms with Gasteiger partial charge in [0.2, 0.25) is 0 Å². The highest BCUT2D eigenvalue weighted by molar-refractivity contribution is 7.91. The van der Waals surface area contributed by atoms with Crippen LogP contribution in [0.3, 0.4) is 0 Å². The predicted octanol–water partition coefficient (Wildman–Crippen LogP) is 2.01. The number of aromatic nitrogens is 2. The van der Waals surface area contributed by atoms with Crippen LogP contribution < -0.4 is 5.32 Å². The molecule has 25 heavy (non-hydrogen) atoms. The molecule has 2 aromatic rings. The van der Waals surface area contributed by atoms with Crippen LogP contribution in [0.5, 0.6) is 0 Å². The Balaban J connectivity index is 1.75. The van der Waals surface area contributed by atoms with Gasteiger partial charge in [0, 0.05) is 16.9 Å². The number of rotatable bonds is 4. The molecule has 1 aromatic heterocycles. The average Bonchev–Trinajstić information content (AvgIpc) is 3.10. The standard InChI is InChI=1S/C17H19N3O4S/c1-11-9-16(19-20(11)15-7-8-25(23,24)10-15)17(22)18-14-5-3-13(4-6-14)12(2)21/h3-6,9,15H,7-8,10H2,1-2H3,(H,18,22). The molecular weight excluding hydrogens is 342 g/mol. The number of carbonyl (C=O) groups excluding carboxylic acids is 2. The van der Waals surface area contributed by atoms with Crippen LogP contribution in [0.2, 0.25) is 0 Å². The van der Waals surface area contributed by atoms with Gasteiger partial charge in [-0.3, -0.25) is 14.3 Å². The number of aryl methyl sites for hydroxylation is 1. The second-order valence-corrected chi connectivity index (χ2v) is 8.49. The van der Waals surface area contributed by atoms with Gasteiger partial charge >= 0.3 is 0 Å². The van der Waals surface area contributed by atoms with E-state index in [4.69, 9.17) is 0 Å². The SMILES string of the molecule is CC(=O)c1ccc(NC(=O)c2cc(C)n(C3CCS(=O)(=O)C3)n2)cc1. The second-order valence-electron chi connectivity index (χ2n) is 6.26. The van der Waals surface area contributed by atoms with Gasteiger partial charge in [0.1, 0.15) is 0 Å². The molecule has 1 aliphatic rings. The third kappa shape index (κ3) is 3.79. The Morgan fingerprint density at radius 2 is 1.92 bits per heavy atom. The number of hydrogen-bond donors (Lipinski definition) is 1. The third-order valence-corrected chi connectivity index (χ3v) is 6.01. The summed E-state index contributed by atoms with van der Waals surface area (Å²) in [7, 11) is -3.02. The van der Waals surface area contributed by atoms with Crippen molar-refractivity contribution in [1.29, 1.82) is 0 Å². The maximum Gasteiger partial charge on any atom is 0.276 e. The van der Waals surface area contributed by atoms with Crippen molar-refractivity contribution in [3.05, 3.63) is 47.3 Å². The fourth-order valence-electron chi connectivity index (χ4n) is 2.92. The molecule has 1 atom stereocenters. The van der Waals surface area contributed by atoms with Crippen molar-refractivity contribution in [2.45, 2.75) is 26.3 Å². The monoisotopic (exact) mass is 361 g/mol. The van der Waals surface area contributed by atoms with E-state index in [1.165, 1.54) is 6.92 Å². The molecule has 1 saturated heterocycles. The normalized spacial score (nSPS) is 18.9. The minimum absolute atomic E-state index is 0.0428. The summed E-state index contributed by atoms with van der Waals surface area (Å²) in [6.45, 7) is 3.28. The van der Waals surface area contributed by atoms with E-state index in [-0.39, 0.29) is 34.9 Å². The molecule has 1 aromatic carbocycles. The van der Waals surface area contributed by atoms with Crippen LogP contribution in [0.15, 0.2) is 30.3 Å². The number of nitrogens with zero attached hydrogens (tertiary/aromatic N) is 2. The number of anilines is 1.